The number of benzene rings is 1. The van der Waals surface area contributed by atoms with Crippen LogP contribution in [0.2, 0.25) is 0 Å². The fourth-order valence-corrected chi connectivity index (χ4v) is 2.84. The lowest BCUT2D eigenvalue weighted by Gasteiger charge is -2.34. The Bertz CT molecular complexity index is 738. The number of carbonyl (C=O) groups is 2. The number of aryl methyl sites for hydroxylation is 1. The third-order valence-electron chi connectivity index (χ3n) is 3.97. The molecule has 1 atom stereocenters. The summed E-state index contributed by atoms with van der Waals surface area (Å²) in [5.74, 6) is -0.416. The smallest absolute Gasteiger partial charge is 0.329 e. The second kappa shape index (κ2) is 6.24. The van der Waals surface area contributed by atoms with Gasteiger partial charge in [0.05, 0.1) is 6.61 Å². The Morgan fingerprint density at radius 1 is 1.35 bits per heavy atom. The molecule has 6 heteroatoms. The monoisotopic (exact) mass is 313 g/mol. The first-order chi connectivity index (χ1) is 11.1. The molecule has 2 heterocycles. The van der Waals surface area contributed by atoms with Crippen LogP contribution in [0.5, 0.6) is 0 Å². The minimum Gasteiger partial charge on any atom is -0.464 e. The van der Waals surface area contributed by atoms with Crippen molar-refractivity contribution in [2.75, 3.05) is 6.61 Å². The Balaban J connectivity index is 1.94. The molecule has 1 N–H and O–H groups in total. The van der Waals surface area contributed by atoms with Crippen molar-refractivity contribution in [3.05, 3.63) is 53.1 Å². The van der Waals surface area contributed by atoms with Gasteiger partial charge in [0.15, 0.2) is 5.82 Å². The van der Waals surface area contributed by atoms with Crippen LogP contribution in [0.15, 0.2) is 30.5 Å². The molecule has 1 aliphatic heterocycles. The number of aromatic amines is 1. The van der Waals surface area contributed by atoms with E-state index in [0.29, 0.717) is 19.6 Å². The minimum absolute atomic E-state index is 0.246. The van der Waals surface area contributed by atoms with Crippen LogP contribution in [0.4, 0.5) is 0 Å². The zero-order valence-corrected chi connectivity index (χ0v) is 13.2. The highest BCUT2D eigenvalue weighted by Crippen LogP contribution is 2.25. The average molecular weight is 313 g/mol. The van der Waals surface area contributed by atoms with Crippen molar-refractivity contribution in [2.45, 2.75) is 32.9 Å². The number of carbonyl (C=O) groups excluding carboxylic acids is 2. The van der Waals surface area contributed by atoms with Crippen LogP contribution in [0, 0.1) is 6.92 Å². The summed E-state index contributed by atoms with van der Waals surface area (Å²) in [5, 5.41) is 0. The number of aromatic nitrogens is 2. The van der Waals surface area contributed by atoms with Crippen molar-refractivity contribution in [2.24, 2.45) is 0 Å². The third kappa shape index (κ3) is 2.97. The fraction of sp³-hybridized carbons (Fsp3) is 0.353. The molecule has 0 spiro atoms. The number of imidazole rings is 1. The Morgan fingerprint density at radius 2 is 2.09 bits per heavy atom. The molecule has 23 heavy (non-hydrogen) atoms. The summed E-state index contributed by atoms with van der Waals surface area (Å²) < 4.78 is 5.15. The lowest BCUT2D eigenvalue weighted by atomic mass is 9.94. The summed E-state index contributed by atoms with van der Waals surface area (Å²) in [6.07, 6.45) is 2.06. The molecule has 0 aliphatic carbocycles. The molecule has 6 nitrogen and oxygen atoms in total. The normalized spacial score (nSPS) is 16.8. The molecular weight excluding hydrogens is 294 g/mol. The van der Waals surface area contributed by atoms with Crippen molar-refractivity contribution < 1.29 is 14.3 Å². The lowest BCUT2D eigenvalue weighted by molar-refractivity contribution is -0.149. The first-order valence-electron chi connectivity index (χ1n) is 7.66. The molecule has 3 rings (SSSR count). The highest BCUT2D eigenvalue weighted by atomic mass is 16.5. The van der Waals surface area contributed by atoms with E-state index in [1.807, 2.05) is 31.2 Å². The van der Waals surface area contributed by atoms with Crippen molar-refractivity contribution in [3.63, 3.8) is 0 Å². The topological polar surface area (TPSA) is 75.3 Å². The Kier molecular flexibility index (Phi) is 4.14. The molecule has 0 bridgehead atoms. The number of esters is 1. The first kappa shape index (κ1) is 15.3. The fourth-order valence-electron chi connectivity index (χ4n) is 2.84. The van der Waals surface area contributed by atoms with E-state index in [4.69, 9.17) is 4.74 Å². The highest BCUT2D eigenvalue weighted by Gasteiger charge is 2.36. The number of nitrogens with one attached hydrogen (secondary N) is 1. The molecule has 0 saturated heterocycles. The molecule has 1 aromatic heterocycles. The van der Waals surface area contributed by atoms with E-state index in [9.17, 15) is 9.59 Å². The van der Waals surface area contributed by atoms with Crippen LogP contribution in [0.1, 0.15) is 34.4 Å². The predicted octanol–water partition coefficient (Wildman–Crippen LogP) is 1.85. The van der Waals surface area contributed by atoms with Crippen molar-refractivity contribution >= 4 is 11.9 Å². The van der Waals surface area contributed by atoms with Gasteiger partial charge in [-0.25, -0.2) is 9.78 Å². The molecule has 1 aromatic carbocycles. The molecular formula is C17H19N3O3. The summed E-state index contributed by atoms with van der Waals surface area (Å²) in [7, 11) is 0. The molecule has 120 valence electrons. The van der Waals surface area contributed by atoms with E-state index < -0.39 is 6.04 Å². The summed E-state index contributed by atoms with van der Waals surface area (Å²) in [6.45, 7) is 4.26. The SMILES string of the molecule is CCOC(=O)C1Cc2ccccc2CN1C(=O)c1ncc(C)[nH]1. The van der Waals surface area contributed by atoms with Crippen LogP contribution in [-0.4, -0.2) is 39.4 Å². The van der Waals surface area contributed by atoms with Crippen LogP contribution < -0.4 is 0 Å². The minimum atomic E-state index is -0.622. The van der Waals surface area contributed by atoms with E-state index in [1.165, 1.54) is 0 Å². The maximum absolute atomic E-state index is 12.8. The van der Waals surface area contributed by atoms with Crippen LogP contribution >= 0.6 is 0 Å². The third-order valence-corrected chi connectivity index (χ3v) is 3.97. The number of fused-ring (bicyclic) bond motifs is 1. The molecule has 0 saturated carbocycles. The standard InChI is InChI=1S/C17H19N3O3/c1-3-23-17(22)14-8-12-6-4-5-7-13(12)10-20(14)16(21)15-18-9-11(2)19-15/h4-7,9,14H,3,8,10H2,1-2H3,(H,18,19). The number of rotatable bonds is 3. The van der Waals surface area contributed by atoms with Crippen LogP contribution in [0.3, 0.4) is 0 Å². The quantitative estimate of drug-likeness (QED) is 0.878. The second-order valence-corrected chi connectivity index (χ2v) is 5.59. The zero-order chi connectivity index (χ0) is 16.4. The maximum Gasteiger partial charge on any atom is 0.329 e. The van der Waals surface area contributed by atoms with E-state index >= 15 is 0 Å². The van der Waals surface area contributed by atoms with Gasteiger partial charge in [-0.15, -0.1) is 0 Å². The molecule has 1 aliphatic rings. The summed E-state index contributed by atoms with van der Waals surface area (Å²) in [4.78, 5) is 33.6. The number of hydrogen-bond donors (Lipinski definition) is 1. The molecule has 1 amide bonds. The Morgan fingerprint density at radius 3 is 2.74 bits per heavy atom. The van der Waals surface area contributed by atoms with Crippen molar-refractivity contribution in [1.82, 2.24) is 14.9 Å². The number of amides is 1. The number of ether oxygens (including phenoxy) is 1. The van der Waals surface area contributed by atoms with Gasteiger partial charge >= 0.3 is 5.97 Å². The largest absolute Gasteiger partial charge is 0.464 e. The van der Waals surface area contributed by atoms with Gasteiger partial charge in [-0.05, 0) is 25.0 Å². The maximum atomic E-state index is 12.8. The number of nitrogens with zero attached hydrogens (tertiary/aromatic N) is 2. The van der Waals surface area contributed by atoms with Crippen LogP contribution in [0.25, 0.3) is 0 Å². The predicted molar refractivity (Wildman–Crippen MR) is 83.8 cm³/mol. The van der Waals surface area contributed by atoms with Gasteiger partial charge in [-0.2, -0.15) is 0 Å². The molecule has 2 aromatic rings. The lowest BCUT2D eigenvalue weighted by Crippen LogP contribution is -2.49. The first-order valence-corrected chi connectivity index (χ1v) is 7.66. The molecule has 0 fully saturated rings. The van der Waals surface area contributed by atoms with Gasteiger partial charge in [-0.3, -0.25) is 4.79 Å². The summed E-state index contributed by atoms with van der Waals surface area (Å²) in [5.41, 5.74) is 2.92. The van der Waals surface area contributed by atoms with Gasteiger partial charge in [0.25, 0.3) is 5.91 Å². The second-order valence-electron chi connectivity index (χ2n) is 5.59. The average Bonchev–Trinajstić information content (AvgIpc) is 2.99. The Hall–Kier alpha value is -2.63. The van der Waals surface area contributed by atoms with Gasteiger partial charge < -0.3 is 14.6 Å². The van der Waals surface area contributed by atoms with E-state index in [-0.39, 0.29) is 17.7 Å². The van der Waals surface area contributed by atoms with E-state index in [2.05, 4.69) is 9.97 Å². The highest BCUT2D eigenvalue weighted by molar-refractivity contribution is 5.94. The van der Waals surface area contributed by atoms with Crippen LogP contribution in [-0.2, 0) is 22.5 Å². The van der Waals surface area contributed by atoms with Crippen molar-refractivity contribution in [1.29, 1.82) is 0 Å². The number of H-pyrrole nitrogens is 1. The van der Waals surface area contributed by atoms with Gasteiger partial charge in [-0.1, -0.05) is 24.3 Å². The molecule has 0 radical (unpaired) electrons. The zero-order valence-electron chi connectivity index (χ0n) is 13.2. The summed E-state index contributed by atoms with van der Waals surface area (Å²) in [6, 6.07) is 7.21. The summed E-state index contributed by atoms with van der Waals surface area (Å²) >= 11 is 0. The van der Waals surface area contributed by atoms with E-state index in [0.717, 1.165) is 16.8 Å². The van der Waals surface area contributed by atoms with Crippen molar-refractivity contribution in [3.8, 4) is 0 Å². The Labute approximate surface area is 134 Å². The number of hydrogen-bond acceptors (Lipinski definition) is 4. The van der Waals surface area contributed by atoms with Gasteiger partial charge in [0, 0.05) is 24.9 Å². The van der Waals surface area contributed by atoms with Gasteiger partial charge in [0.2, 0.25) is 0 Å². The molecule has 1 unspecified atom stereocenters. The van der Waals surface area contributed by atoms with E-state index in [1.54, 1.807) is 18.0 Å². The van der Waals surface area contributed by atoms with Gasteiger partial charge in [0.1, 0.15) is 6.04 Å².